The van der Waals surface area contributed by atoms with E-state index in [9.17, 15) is 5.11 Å². The van der Waals surface area contributed by atoms with Crippen molar-refractivity contribution in [3.63, 3.8) is 0 Å². The van der Waals surface area contributed by atoms with Crippen molar-refractivity contribution >= 4 is 8.32 Å². The summed E-state index contributed by atoms with van der Waals surface area (Å²) in [5.74, 6) is 0.970. The summed E-state index contributed by atoms with van der Waals surface area (Å²) < 4.78 is 5.95. The SMILES string of the molecule is CCCCCCC(O)CCc1ccc(O[Si](C)(C)C)cc1. The Kier molecular flexibility index (Phi) is 8.05. The summed E-state index contributed by atoms with van der Waals surface area (Å²) in [6.07, 6.45) is 7.53. The standard InChI is InChI=1S/C18H32O2Si/c1-5-6-7-8-9-17(19)13-10-16-11-14-18(15-12-16)20-21(2,3)4/h11-12,14-15,17,19H,5-10,13H2,1-4H3. The smallest absolute Gasteiger partial charge is 0.242 e. The molecule has 120 valence electrons. The van der Waals surface area contributed by atoms with Gasteiger partial charge in [-0.1, -0.05) is 44.7 Å². The Bertz CT molecular complexity index is 381. The molecule has 1 N–H and O–H groups in total. The van der Waals surface area contributed by atoms with Gasteiger partial charge >= 0.3 is 0 Å². The summed E-state index contributed by atoms with van der Waals surface area (Å²) in [6.45, 7) is 8.79. The molecule has 3 heteroatoms. The second-order valence-electron chi connectivity index (χ2n) is 6.90. The topological polar surface area (TPSA) is 29.5 Å². The zero-order valence-electron chi connectivity index (χ0n) is 14.2. The van der Waals surface area contributed by atoms with Crippen LogP contribution in [0.25, 0.3) is 0 Å². The lowest BCUT2D eigenvalue weighted by molar-refractivity contribution is 0.151. The van der Waals surface area contributed by atoms with Gasteiger partial charge in [0.1, 0.15) is 5.75 Å². The lowest BCUT2D eigenvalue weighted by Crippen LogP contribution is -2.29. The monoisotopic (exact) mass is 308 g/mol. The van der Waals surface area contributed by atoms with Crippen molar-refractivity contribution in [3.8, 4) is 5.75 Å². The maximum Gasteiger partial charge on any atom is 0.242 e. The van der Waals surface area contributed by atoms with E-state index in [4.69, 9.17) is 4.43 Å². The Morgan fingerprint density at radius 2 is 1.67 bits per heavy atom. The molecule has 0 spiro atoms. The highest BCUT2D eigenvalue weighted by Gasteiger charge is 2.15. The molecule has 0 aromatic heterocycles. The zero-order valence-corrected chi connectivity index (χ0v) is 15.2. The number of unbranched alkanes of at least 4 members (excludes halogenated alkanes) is 3. The van der Waals surface area contributed by atoms with Gasteiger partial charge in [-0.3, -0.25) is 0 Å². The van der Waals surface area contributed by atoms with Crippen LogP contribution in [-0.4, -0.2) is 19.5 Å². The largest absolute Gasteiger partial charge is 0.544 e. The Labute approximate surface area is 131 Å². The van der Waals surface area contributed by atoms with Crippen LogP contribution in [0.4, 0.5) is 0 Å². The van der Waals surface area contributed by atoms with Crippen LogP contribution in [0.3, 0.4) is 0 Å². The van der Waals surface area contributed by atoms with Crippen LogP contribution in [0.1, 0.15) is 51.0 Å². The van der Waals surface area contributed by atoms with E-state index in [0.717, 1.165) is 31.4 Å². The molecule has 2 nitrogen and oxygen atoms in total. The summed E-state index contributed by atoms with van der Waals surface area (Å²) in [5, 5.41) is 10.00. The third kappa shape index (κ3) is 8.94. The van der Waals surface area contributed by atoms with Gasteiger partial charge in [-0.15, -0.1) is 0 Å². The van der Waals surface area contributed by atoms with Crippen molar-refractivity contribution in [3.05, 3.63) is 29.8 Å². The first-order valence-corrected chi connectivity index (χ1v) is 11.8. The van der Waals surface area contributed by atoms with Crippen molar-refractivity contribution in [2.24, 2.45) is 0 Å². The quantitative estimate of drug-likeness (QED) is 0.477. The Balaban J connectivity index is 2.29. The van der Waals surface area contributed by atoms with Gasteiger partial charge in [0.15, 0.2) is 0 Å². The second kappa shape index (κ2) is 9.26. The number of aliphatic hydroxyl groups is 1. The van der Waals surface area contributed by atoms with Crippen LogP contribution < -0.4 is 4.43 Å². The number of aryl methyl sites for hydroxylation is 1. The van der Waals surface area contributed by atoms with E-state index in [2.05, 4.69) is 50.8 Å². The maximum absolute atomic E-state index is 10.00. The van der Waals surface area contributed by atoms with Crippen molar-refractivity contribution < 1.29 is 9.53 Å². The van der Waals surface area contributed by atoms with E-state index in [-0.39, 0.29) is 6.10 Å². The highest BCUT2D eigenvalue weighted by Crippen LogP contribution is 2.18. The first kappa shape index (κ1) is 18.2. The van der Waals surface area contributed by atoms with Crippen molar-refractivity contribution in [2.45, 2.75) is 77.6 Å². The molecule has 0 aliphatic heterocycles. The van der Waals surface area contributed by atoms with Crippen molar-refractivity contribution in [1.29, 1.82) is 0 Å². The molecular formula is C18H32O2Si. The first-order valence-electron chi connectivity index (χ1n) is 8.36. The molecule has 1 aromatic carbocycles. The minimum atomic E-state index is -1.51. The van der Waals surface area contributed by atoms with Gasteiger partial charge in [0.2, 0.25) is 8.32 Å². The highest BCUT2D eigenvalue weighted by molar-refractivity contribution is 6.70. The molecule has 1 atom stereocenters. The van der Waals surface area contributed by atoms with Crippen molar-refractivity contribution in [1.82, 2.24) is 0 Å². The maximum atomic E-state index is 10.00. The molecule has 0 heterocycles. The van der Waals surface area contributed by atoms with Crippen LogP contribution in [0.15, 0.2) is 24.3 Å². The summed E-state index contributed by atoms with van der Waals surface area (Å²) in [4.78, 5) is 0. The first-order chi connectivity index (χ1) is 9.90. The molecule has 1 unspecified atom stereocenters. The lowest BCUT2D eigenvalue weighted by atomic mass is 10.0. The minimum absolute atomic E-state index is 0.153. The van der Waals surface area contributed by atoms with Gasteiger partial charge in [-0.2, -0.15) is 0 Å². The van der Waals surface area contributed by atoms with Crippen LogP contribution in [0, 0.1) is 0 Å². The molecular weight excluding hydrogens is 276 g/mol. The number of aliphatic hydroxyl groups excluding tert-OH is 1. The molecule has 0 saturated heterocycles. The third-order valence-electron chi connectivity index (χ3n) is 3.50. The summed E-state index contributed by atoms with van der Waals surface area (Å²) in [7, 11) is -1.51. The molecule has 21 heavy (non-hydrogen) atoms. The Hall–Kier alpha value is -0.803. The van der Waals surface area contributed by atoms with Crippen LogP contribution >= 0.6 is 0 Å². The molecule has 0 aliphatic carbocycles. The average Bonchev–Trinajstić information content (AvgIpc) is 2.41. The predicted molar refractivity (Wildman–Crippen MR) is 93.5 cm³/mol. The minimum Gasteiger partial charge on any atom is -0.544 e. The highest BCUT2D eigenvalue weighted by atomic mass is 28.4. The van der Waals surface area contributed by atoms with E-state index in [1.54, 1.807) is 0 Å². The normalized spacial score (nSPS) is 13.2. The van der Waals surface area contributed by atoms with E-state index in [1.165, 1.54) is 24.8 Å². The summed E-state index contributed by atoms with van der Waals surface area (Å²) in [6, 6.07) is 8.36. The molecule has 0 fully saturated rings. The molecule has 0 radical (unpaired) electrons. The molecule has 0 aliphatic rings. The molecule has 0 amide bonds. The van der Waals surface area contributed by atoms with E-state index < -0.39 is 8.32 Å². The summed E-state index contributed by atoms with van der Waals surface area (Å²) >= 11 is 0. The fourth-order valence-electron chi connectivity index (χ4n) is 2.36. The average molecular weight is 309 g/mol. The molecule has 0 bridgehead atoms. The zero-order chi connectivity index (χ0) is 15.7. The lowest BCUT2D eigenvalue weighted by Gasteiger charge is -2.19. The molecule has 0 saturated carbocycles. The number of hydrogen-bond donors (Lipinski definition) is 1. The van der Waals surface area contributed by atoms with E-state index in [0.29, 0.717) is 0 Å². The predicted octanol–water partition coefficient (Wildman–Crippen LogP) is 5.16. The molecule has 1 aromatic rings. The third-order valence-corrected chi connectivity index (χ3v) is 4.35. The fourth-order valence-corrected chi connectivity index (χ4v) is 3.21. The number of rotatable bonds is 10. The van der Waals surface area contributed by atoms with Crippen LogP contribution in [-0.2, 0) is 6.42 Å². The van der Waals surface area contributed by atoms with Gasteiger partial charge in [0, 0.05) is 0 Å². The van der Waals surface area contributed by atoms with Gasteiger partial charge < -0.3 is 9.53 Å². The summed E-state index contributed by atoms with van der Waals surface area (Å²) in [5.41, 5.74) is 1.28. The molecule has 1 rings (SSSR count). The second-order valence-corrected chi connectivity index (χ2v) is 11.3. The number of hydrogen-bond acceptors (Lipinski definition) is 2. The Morgan fingerprint density at radius 1 is 1.00 bits per heavy atom. The van der Waals surface area contributed by atoms with Gasteiger partial charge in [0.05, 0.1) is 6.10 Å². The number of benzene rings is 1. The van der Waals surface area contributed by atoms with Crippen LogP contribution in [0.2, 0.25) is 19.6 Å². The van der Waals surface area contributed by atoms with Crippen LogP contribution in [0.5, 0.6) is 5.75 Å². The van der Waals surface area contributed by atoms with Crippen molar-refractivity contribution in [2.75, 3.05) is 0 Å². The van der Waals surface area contributed by atoms with E-state index in [1.807, 2.05) is 0 Å². The van der Waals surface area contributed by atoms with Gasteiger partial charge in [-0.05, 0) is 56.6 Å². The fraction of sp³-hybridized carbons (Fsp3) is 0.667. The van der Waals surface area contributed by atoms with Gasteiger partial charge in [-0.25, -0.2) is 0 Å². The van der Waals surface area contributed by atoms with Gasteiger partial charge in [0.25, 0.3) is 0 Å². The Morgan fingerprint density at radius 3 is 2.24 bits per heavy atom. The van der Waals surface area contributed by atoms with E-state index >= 15 is 0 Å².